The number of anilines is 1. The lowest BCUT2D eigenvalue weighted by Crippen LogP contribution is -2.30. The van der Waals surface area contributed by atoms with Crippen LogP contribution in [0, 0.1) is 0 Å². The molecule has 0 radical (unpaired) electrons. The molecule has 0 N–H and O–H groups in total. The van der Waals surface area contributed by atoms with Gasteiger partial charge in [-0.2, -0.15) is 0 Å². The average molecular weight is 310 g/mol. The number of alkyl halides is 2. The first-order chi connectivity index (χ1) is 10.2. The minimum absolute atomic E-state index is 0.205. The molecule has 0 saturated carbocycles. The normalized spacial score (nSPS) is 15.9. The molecule has 1 fully saturated rings. The SMILES string of the molecule is CSc1ncc2cc(C(F)F)nc(N3CCCCC3)c2n1. The summed E-state index contributed by atoms with van der Waals surface area (Å²) in [5.74, 6) is 0.570. The molecule has 3 heterocycles. The maximum Gasteiger partial charge on any atom is 0.280 e. The van der Waals surface area contributed by atoms with Gasteiger partial charge in [-0.25, -0.2) is 23.7 Å². The summed E-state index contributed by atoms with van der Waals surface area (Å²) in [7, 11) is 0. The molecule has 1 saturated heterocycles. The van der Waals surface area contributed by atoms with Crippen molar-refractivity contribution >= 4 is 28.5 Å². The Bertz CT molecular complexity index is 644. The molecule has 21 heavy (non-hydrogen) atoms. The molecule has 0 aliphatic carbocycles. The summed E-state index contributed by atoms with van der Waals surface area (Å²) in [4.78, 5) is 14.9. The van der Waals surface area contributed by atoms with Crippen LogP contribution in [-0.2, 0) is 0 Å². The first kappa shape index (κ1) is 14.4. The highest BCUT2D eigenvalue weighted by atomic mass is 32.2. The van der Waals surface area contributed by atoms with E-state index >= 15 is 0 Å². The number of thioether (sulfide) groups is 1. The number of pyridine rings is 1. The van der Waals surface area contributed by atoms with E-state index in [0.29, 0.717) is 21.9 Å². The van der Waals surface area contributed by atoms with E-state index in [4.69, 9.17) is 0 Å². The van der Waals surface area contributed by atoms with E-state index in [-0.39, 0.29) is 5.69 Å². The Hall–Kier alpha value is -1.50. The van der Waals surface area contributed by atoms with Gasteiger partial charge >= 0.3 is 0 Å². The zero-order valence-corrected chi connectivity index (χ0v) is 12.5. The van der Waals surface area contributed by atoms with Crippen LogP contribution < -0.4 is 4.90 Å². The standard InChI is InChI=1S/C14H16F2N4S/c1-21-14-17-8-9-7-10(12(15)16)18-13(11(9)19-14)20-5-3-2-4-6-20/h7-8,12H,2-6H2,1H3. The summed E-state index contributed by atoms with van der Waals surface area (Å²) < 4.78 is 26.1. The van der Waals surface area contributed by atoms with Crippen molar-refractivity contribution < 1.29 is 8.78 Å². The number of aromatic nitrogens is 3. The monoisotopic (exact) mass is 310 g/mol. The highest BCUT2D eigenvalue weighted by Gasteiger charge is 2.20. The van der Waals surface area contributed by atoms with E-state index in [1.807, 2.05) is 6.26 Å². The highest BCUT2D eigenvalue weighted by Crippen LogP contribution is 2.30. The lowest BCUT2D eigenvalue weighted by atomic mass is 10.1. The Morgan fingerprint density at radius 3 is 2.62 bits per heavy atom. The van der Waals surface area contributed by atoms with Gasteiger partial charge in [0.1, 0.15) is 11.2 Å². The molecule has 0 spiro atoms. The van der Waals surface area contributed by atoms with Gasteiger partial charge in [0.05, 0.1) is 0 Å². The second kappa shape index (κ2) is 6.09. The minimum Gasteiger partial charge on any atom is -0.355 e. The number of nitrogens with zero attached hydrogens (tertiary/aromatic N) is 4. The lowest BCUT2D eigenvalue weighted by molar-refractivity contribution is 0.146. The van der Waals surface area contributed by atoms with Crippen molar-refractivity contribution in [2.75, 3.05) is 24.2 Å². The van der Waals surface area contributed by atoms with E-state index in [1.165, 1.54) is 24.2 Å². The summed E-state index contributed by atoms with van der Waals surface area (Å²) >= 11 is 1.43. The van der Waals surface area contributed by atoms with Crippen LogP contribution in [0.2, 0.25) is 0 Å². The largest absolute Gasteiger partial charge is 0.355 e. The third-order valence-electron chi connectivity index (χ3n) is 3.61. The van der Waals surface area contributed by atoms with E-state index < -0.39 is 6.43 Å². The molecule has 0 unspecified atom stereocenters. The quantitative estimate of drug-likeness (QED) is 0.639. The zero-order valence-electron chi connectivity index (χ0n) is 11.7. The van der Waals surface area contributed by atoms with E-state index in [0.717, 1.165) is 25.9 Å². The first-order valence-corrected chi connectivity index (χ1v) is 8.16. The second-order valence-electron chi connectivity index (χ2n) is 5.01. The maximum absolute atomic E-state index is 13.1. The Kier molecular flexibility index (Phi) is 4.19. The number of piperidine rings is 1. The number of hydrogen-bond acceptors (Lipinski definition) is 5. The van der Waals surface area contributed by atoms with Crippen LogP contribution in [0.1, 0.15) is 31.4 Å². The summed E-state index contributed by atoms with van der Waals surface area (Å²) in [6, 6.07) is 1.39. The predicted octanol–water partition coefficient (Wildman–Crippen LogP) is 3.67. The van der Waals surface area contributed by atoms with E-state index in [1.54, 1.807) is 6.20 Å². The molecule has 0 atom stereocenters. The van der Waals surface area contributed by atoms with Gasteiger partial charge in [-0.3, -0.25) is 0 Å². The van der Waals surface area contributed by atoms with Crippen LogP contribution in [0.25, 0.3) is 10.9 Å². The van der Waals surface area contributed by atoms with Crippen LogP contribution in [0.4, 0.5) is 14.6 Å². The van der Waals surface area contributed by atoms with Gasteiger partial charge in [-0.15, -0.1) is 0 Å². The molecule has 3 rings (SSSR count). The molecule has 7 heteroatoms. The lowest BCUT2D eigenvalue weighted by Gasteiger charge is -2.28. The summed E-state index contributed by atoms with van der Waals surface area (Å²) in [6.07, 6.45) is 4.20. The first-order valence-electron chi connectivity index (χ1n) is 6.94. The van der Waals surface area contributed by atoms with Crippen molar-refractivity contribution in [1.29, 1.82) is 0 Å². The van der Waals surface area contributed by atoms with Crippen molar-refractivity contribution in [3.63, 3.8) is 0 Å². The Labute approximate surface area is 126 Å². The molecule has 2 aromatic rings. The van der Waals surface area contributed by atoms with Gasteiger partial charge in [0.15, 0.2) is 11.0 Å². The predicted molar refractivity (Wildman–Crippen MR) is 80.1 cm³/mol. The molecule has 0 bridgehead atoms. The molecule has 4 nitrogen and oxygen atoms in total. The Morgan fingerprint density at radius 1 is 1.19 bits per heavy atom. The van der Waals surface area contributed by atoms with Crippen LogP contribution in [0.5, 0.6) is 0 Å². The molecular formula is C14H16F2N4S. The van der Waals surface area contributed by atoms with Gasteiger partial charge in [0, 0.05) is 24.7 Å². The molecule has 1 aliphatic heterocycles. The van der Waals surface area contributed by atoms with Crippen molar-refractivity contribution in [1.82, 2.24) is 15.0 Å². The minimum atomic E-state index is -2.59. The molecule has 1 aliphatic rings. The van der Waals surface area contributed by atoms with Gasteiger partial charge in [-0.1, -0.05) is 11.8 Å². The van der Waals surface area contributed by atoms with Gasteiger partial charge < -0.3 is 4.90 Å². The van der Waals surface area contributed by atoms with Crippen LogP contribution in [-0.4, -0.2) is 34.3 Å². The van der Waals surface area contributed by atoms with Crippen molar-refractivity contribution in [3.8, 4) is 0 Å². The molecule has 2 aromatic heterocycles. The van der Waals surface area contributed by atoms with Gasteiger partial charge in [0.2, 0.25) is 0 Å². The summed E-state index contributed by atoms with van der Waals surface area (Å²) in [5.41, 5.74) is 0.462. The topological polar surface area (TPSA) is 41.9 Å². The van der Waals surface area contributed by atoms with Crippen molar-refractivity contribution in [3.05, 3.63) is 18.0 Å². The van der Waals surface area contributed by atoms with Gasteiger partial charge in [0.25, 0.3) is 6.43 Å². The molecule has 0 aromatic carbocycles. The number of halogens is 2. The second-order valence-corrected chi connectivity index (χ2v) is 5.79. The number of fused-ring (bicyclic) bond motifs is 1. The fourth-order valence-corrected chi connectivity index (χ4v) is 2.90. The zero-order chi connectivity index (χ0) is 14.8. The fourth-order valence-electron chi connectivity index (χ4n) is 2.56. The summed E-state index contributed by atoms with van der Waals surface area (Å²) in [6.45, 7) is 1.68. The van der Waals surface area contributed by atoms with Crippen LogP contribution in [0.15, 0.2) is 17.4 Å². The van der Waals surface area contributed by atoms with E-state index in [2.05, 4.69) is 19.9 Å². The third-order valence-corrected chi connectivity index (χ3v) is 4.17. The van der Waals surface area contributed by atoms with Crippen LogP contribution >= 0.6 is 11.8 Å². The van der Waals surface area contributed by atoms with Crippen molar-refractivity contribution in [2.24, 2.45) is 0 Å². The molecule has 0 amide bonds. The molecular weight excluding hydrogens is 294 g/mol. The summed E-state index contributed by atoms with van der Waals surface area (Å²) in [5, 5.41) is 1.26. The smallest absolute Gasteiger partial charge is 0.280 e. The Morgan fingerprint density at radius 2 is 1.95 bits per heavy atom. The molecule has 112 valence electrons. The number of rotatable bonds is 3. The maximum atomic E-state index is 13.1. The fraction of sp³-hybridized carbons (Fsp3) is 0.500. The van der Waals surface area contributed by atoms with Gasteiger partial charge in [-0.05, 0) is 31.6 Å². The van der Waals surface area contributed by atoms with Crippen LogP contribution in [0.3, 0.4) is 0 Å². The van der Waals surface area contributed by atoms with E-state index in [9.17, 15) is 8.78 Å². The number of hydrogen-bond donors (Lipinski definition) is 0. The average Bonchev–Trinajstić information content (AvgIpc) is 2.54. The highest BCUT2D eigenvalue weighted by molar-refractivity contribution is 7.98. The van der Waals surface area contributed by atoms with Crippen molar-refractivity contribution in [2.45, 2.75) is 30.8 Å². The Balaban J connectivity index is 2.16. The third kappa shape index (κ3) is 2.92.